The average molecular weight is 291 g/mol. The van der Waals surface area contributed by atoms with Crippen molar-refractivity contribution in [1.29, 1.82) is 0 Å². The topological polar surface area (TPSA) is 62.2 Å². The van der Waals surface area contributed by atoms with Gasteiger partial charge < -0.3 is 10.4 Å². The number of carbonyl (C=O) groups is 1. The van der Waals surface area contributed by atoms with Crippen LogP contribution in [0.5, 0.6) is 0 Å². The van der Waals surface area contributed by atoms with E-state index >= 15 is 0 Å². The van der Waals surface area contributed by atoms with Gasteiger partial charge in [-0.05, 0) is 30.2 Å². The van der Waals surface area contributed by atoms with E-state index in [9.17, 15) is 9.90 Å². The minimum Gasteiger partial charge on any atom is -0.392 e. The van der Waals surface area contributed by atoms with Crippen molar-refractivity contribution >= 4 is 17.5 Å². The maximum atomic E-state index is 12.1. The highest BCUT2D eigenvalue weighted by atomic mass is 35.5. The molecule has 0 unspecified atom stereocenters. The van der Waals surface area contributed by atoms with Gasteiger partial charge in [0.05, 0.1) is 17.9 Å². The molecule has 104 valence electrons. The third-order valence-corrected chi connectivity index (χ3v) is 3.24. The zero-order chi connectivity index (χ0) is 14.5. The Hall–Kier alpha value is -1.91. The van der Waals surface area contributed by atoms with Crippen molar-refractivity contribution in [2.75, 3.05) is 0 Å². The Balaban J connectivity index is 2.09. The molecule has 4 nitrogen and oxygen atoms in total. The number of rotatable bonds is 4. The van der Waals surface area contributed by atoms with Crippen LogP contribution in [0.25, 0.3) is 0 Å². The minimum atomic E-state index is -0.209. The quantitative estimate of drug-likeness (QED) is 0.850. The number of carbonyl (C=O) groups excluding carboxylic acids is 1. The smallest absolute Gasteiger partial charge is 0.253 e. The molecule has 0 saturated heterocycles. The van der Waals surface area contributed by atoms with Crippen LogP contribution in [0.1, 0.15) is 27.2 Å². The standard InChI is InChI=1S/C15H15ClN2O2/c1-10-13(6-7-14(16)18-10)15(20)17-8-11-4-2-3-5-12(11)9-19/h2-7,19H,8-9H2,1H3,(H,17,20). The fourth-order valence-corrected chi connectivity index (χ4v) is 2.12. The molecule has 2 N–H and O–H groups in total. The number of amides is 1. The fourth-order valence-electron chi connectivity index (χ4n) is 1.93. The molecule has 0 bridgehead atoms. The SMILES string of the molecule is Cc1nc(Cl)ccc1C(=O)NCc1ccccc1CO. The molecule has 1 amide bonds. The lowest BCUT2D eigenvalue weighted by Gasteiger charge is -2.10. The number of halogens is 1. The molecule has 2 aromatic rings. The maximum absolute atomic E-state index is 12.1. The van der Waals surface area contributed by atoms with E-state index in [1.807, 2.05) is 24.3 Å². The number of pyridine rings is 1. The Labute approximate surface area is 122 Å². The van der Waals surface area contributed by atoms with Gasteiger partial charge in [0.15, 0.2) is 0 Å². The number of aliphatic hydroxyl groups is 1. The summed E-state index contributed by atoms with van der Waals surface area (Å²) in [6.45, 7) is 2.05. The van der Waals surface area contributed by atoms with Crippen LogP contribution in [0.2, 0.25) is 5.15 Å². The van der Waals surface area contributed by atoms with E-state index in [0.29, 0.717) is 23.0 Å². The number of aryl methyl sites for hydroxylation is 1. The van der Waals surface area contributed by atoms with Crippen LogP contribution < -0.4 is 5.32 Å². The first kappa shape index (κ1) is 14.5. The van der Waals surface area contributed by atoms with Crippen LogP contribution in [-0.4, -0.2) is 16.0 Å². The van der Waals surface area contributed by atoms with Gasteiger partial charge >= 0.3 is 0 Å². The summed E-state index contributed by atoms with van der Waals surface area (Å²) in [6, 6.07) is 10.7. The Morgan fingerprint density at radius 3 is 2.60 bits per heavy atom. The highest BCUT2D eigenvalue weighted by Gasteiger charge is 2.10. The van der Waals surface area contributed by atoms with E-state index < -0.39 is 0 Å². The Morgan fingerprint density at radius 1 is 1.25 bits per heavy atom. The Bertz CT molecular complexity index is 629. The molecule has 0 aliphatic carbocycles. The first-order valence-corrected chi connectivity index (χ1v) is 6.58. The highest BCUT2D eigenvalue weighted by molar-refractivity contribution is 6.29. The fraction of sp³-hybridized carbons (Fsp3) is 0.200. The monoisotopic (exact) mass is 290 g/mol. The van der Waals surface area contributed by atoms with Crippen molar-refractivity contribution in [1.82, 2.24) is 10.3 Å². The zero-order valence-electron chi connectivity index (χ0n) is 11.1. The molecule has 1 aromatic carbocycles. The lowest BCUT2D eigenvalue weighted by molar-refractivity contribution is 0.0949. The van der Waals surface area contributed by atoms with Gasteiger partial charge in [-0.1, -0.05) is 35.9 Å². The third kappa shape index (κ3) is 3.35. The molecule has 0 fully saturated rings. The minimum absolute atomic E-state index is 0.0480. The molecule has 2 rings (SSSR count). The zero-order valence-corrected chi connectivity index (χ0v) is 11.8. The van der Waals surface area contributed by atoms with Gasteiger partial charge in [0.25, 0.3) is 5.91 Å². The largest absolute Gasteiger partial charge is 0.392 e. The summed E-state index contributed by atoms with van der Waals surface area (Å²) in [5, 5.41) is 12.4. The van der Waals surface area contributed by atoms with Crippen LogP contribution in [-0.2, 0) is 13.2 Å². The molecule has 0 radical (unpaired) electrons. The molecule has 0 aliphatic rings. The first-order chi connectivity index (χ1) is 9.61. The first-order valence-electron chi connectivity index (χ1n) is 6.21. The second-order valence-electron chi connectivity index (χ2n) is 4.38. The van der Waals surface area contributed by atoms with Gasteiger partial charge in [0.2, 0.25) is 0 Å². The number of aromatic nitrogens is 1. The Morgan fingerprint density at radius 2 is 1.95 bits per heavy atom. The van der Waals surface area contributed by atoms with Gasteiger partial charge in [-0.15, -0.1) is 0 Å². The Kier molecular flexibility index (Phi) is 4.71. The van der Waals surface area contributed by atoms with Gasteiger partial charge in [0.1, 0.15) is 5.15 Å². The van der Waals surface area contributed by atoms with Crippen molar-refractivity contribution in [3.8, 4) is 0 Å². The molecule has 0 aliphatic heterocycles. The van der Waals surface area contributed by atoms with E-state index in [2.05, 4.69) is 10.3 Å². The predicted molar refractivity (Wildman–Crippen MR) is 77.5 cm³/mol. The number of hydrogen-bond donors (Lipinski definition) is 2. The molecule has 0 saturated carbocycles. The maximum Gasteiger partial charge on any atom is 0.253 e. The molecule has 1 heterocycles. The van der Waals surface area contributed by atoms with Crippen molar-refractivity contribution in [3.05, 3.63) is 63.9 Å². The van der Waals surface area contributed by atoms with Crippen molar-refractivity contribution in [3.63, 3.8) is 0 Å². The summed E-state index contributed by atoms with van der Waals surface area (Å²) < 4.78 is 0. The van der Waals surface area contributed by atoms with Gasteiger partial charge in [-0.25, -0.2) is 4.98 Å². The predicted octanol–water partition coefficient (Wildman–Crippen LogP) is 2.47. The van der Waals surface area contributed by atoms with Gasteiger partial charge in [-0.3, -0.25) is 4.79 Å². The number of benzene rings is 1. The number of nitrogens with one attached hydrogen (secondary N) is 1. The molecule has 0 atom stereocenters. The number of nitrogens with zero attached hydrogens (tertiary/aromatic N) is 1. The number of aliphatic hydroxyl groups excluding tert-OH is 1. The molecule has 5 heteroatoms. The van der Waals surface area contributed by atoms with Crippen LogP contribution in [0.4, 0.5) is 0 Å². The van der Waals surface area contributed by atoms with Crippen LogP contribution in [0.15, 0.2) is 36.4 Å². The summed E-state index contributed by atoms with van der Waals surface area (Å²) in [4.78, 5) is 16.1. The van der Waals surface area contributed by atoms with Crippen LogP contribution in [0.3, 0.4) is 0 Å². The van der Waals surface area contributed by atoms with Gasteiger partial charge in [0, 0.05) is 6.54 Å². The summed E-state index contributed by atoms with van der Waals surface area (Å²) in [6.07, 6.45) is 0. The highest BCUT2D eigenvalue weighted by Crippen LogP contribution is 2.12. The van der Waals surface area contributed by atoms with Crippen molar-refractivity contribution in [2.45, 2.75) is 20.1 Å². The van der Waals surface area contributed by atoms with E-state index in [-0.39, 0.29) is 12.5 Å². The summed E-state index contributed by atoms with van der Waals surface area (Å²) in [5.74, 6) is -0.209. The second kappa shape index (κ2) is 6.50. The van der Waals surface area contributed by atoms with Crippen LogP contribution in [0, 0.1) is 6.92 Å². The molecular weight excluding hydrogens is 276 g/mol. The molecule has 0 spiro atoms. The average Bonchev–Trinajstić information content (AvgIpc) is 2.45. The van der Waals surface area contributed by atoms with E-state index in [1.165, 1.54) is 0 Å². The molecular formula is C15H15ClN2O2. The summed E-state index contributed by atoms with van der Waals surface area (Å²) in [7, 11) is 0. The second-order valence-corrected chi connectivity index (χ2v) is 4.76. The normalized spacial score (nSPS) is 10.3. The van der Waals surface area contributed by atoms with E-state index in [4.69, 9.17) is 11.6 Å². The molecule has 20 heavy (non-hydrogen) atoms. The van der Waals surface area contributed by atoms with E-state index in [0.717, 1.165) is 11.1 Å². The molecule has 1 aromatic heterocycles. The van der Waals surface area contributed by atoms with Crippen molar-refractivity contribution in [2.24, 2.45) is 0 Å². The van der Waals surface area contributed by atoms with E-state index in [1.54, 1.807) is 19.1 Å². The summed E-state index contributed by atoms with van der Waals surface area (Å²) in [5.41, 5.74) is 2.78. The van der Waals surface area contributed by atoms with Gasteiger partial charge in [-0.2, -0.15) is 0 Å². The summed E-state index contributed by atoms with van der Waals surface area (Å²) >= 11 is 5.76. The van der Waals surface area contributed by atoms with Crippen LogP contribution >= 0.6 is 11.6 Å². The lowest BCUT2D eigenvalue weighted by Crippen LogP contribution is -2.24. The van der Waals surface area contributed by atoms with Crippen molar-refractivity contribution < 1.29 is 9.90 Å². The third-order valence-electron chi connectivity index (χ3n) is 3.02. The lowest BCUT2D eigenvalue weighted by atomic mass is 10.1. The number of hydrogen-bond acceptors (Lipinski definition) is 3.